The number of hydrogen-bond donors (Lipinski definition) is 2. The van der Waals surface area contributed by atoms with E-state index in [1.165, 1.54) is 12.2 Å². The van der Waals surface area contributed by atoms with Gasteiger partial charge in [0.1, 0.15) is 0 Å². The number of rotatable bonds is 2. The Kier molecular flexibility index (Phi) is 2.86. The lowest BCUT2D eigenvalue weighted by molar-refractivity contribution is -0.136. The second kappa shape index (κ2) is 3.91. The largest absolute Gasteiger partial charge is 0.478 e. The summed E-state index contributed by atoms with van der Waals surface area (Å²) in [4.78, 5) is 21.5. The Morgan fingerprint density at radius 1 is 1.21 bits per heavy atom. The van der Waals surface area contributed by atoms with Gasteiger partial charge >= 0.3 is 11.9 Å². The van der Waals surface area contributed by atoms with Gasteiger partial charge in [0.25, 0.3) is 0 Å². The van der Waals surface area contributed by atoms with E-state index in [4.69, 9.17) is 10.2 Å². The normalized spacial score (nSPS) is 20.8. The van der Waals surface area contributed by atoms with Crippen LogP contribution in [0.25, 0.3) is 0 Å². The summed E-state index contributed by atoms with van der Waals surface area (Å²) in [6.07, 6.45) is 6.01. The Hall–Kier alpha value is -1.84. The molecule has 0 spiro atoms. The minimum absolute atomic E-state index is 0.0748. The van der Waals surface area contributed by atoms with Gasteiger partial charge in [-0.1, -0.05) is 25.2 Å². The van der Waals surface area contributed by atoms with Gasteiger partial charge in [-0.25, -0.2) is 9.59 Å². The molecule has 1 unspecified atom stereocenters. The average Bonchev–Trinajstić information content (AvgIpc) is 2.26. The summed E-state index contributed by atoms with van der Waals surface area (Å²) in [5.41, 5.74) is -0.340. The zero-order chi connectivity index (χ0) is 10.7. The van der Waals surface area contributed by atoms with Crippen molar-refractivity contribution in [2.45, 2.75) is 6.92 Å². The molecular weight excluding hydrogens is 184 g/mol. The van der Waals surface area contributed by atoms with E-state index in [9.17, 15) is 9.59 Å². The molecule has 1 aliphatic rings. The van der Waals surface area contributed by atoms with Crippen LogP contribution < -0.4 is 0 Å². The lowest BCUT2D eigenvalue weighted by atomic mass is 10.0. The van der Waals surface area contributed by atoms with Crippen LogP contribution >= 0.6 is 0 Å². The number of carbonyl (C=O) groups is 2. The topological polar surface area (TPSA) is 74.6 Å². The van der Waals surface area contributed by atoms with E-state index < -0.39 is 11.9 Å². The molecule has 74 valence electrons. The third kappa shape index (κ3) is 2.10. The van der Waals surface area contributed by atoms with Crippen LogP contribution in [-0.2, 0) is 9.59 Å². The standard InChI is InChI=1S/C10H10O4/c1-6-3-2-4-7(9(11)12)8(5-6)10(13)14/h2-6H,1H3,(H,11,12)(H,13,14). The second-order valence-corrected chi connectivity index (χ2v) is 3.02. The van der Waals surface area contributed by atoms with Gasteiger partial charge in [-0.05, 0) is 12.0 Å². The maximum absolute atomic E-state index is 10.8. The molecule has 2 N–H and O–H groups in total. The van der Waals surface area contributed by atoms with Crippen LogP contribution in [0, 0.1) is 5.92 Å². The van der Waals surface area contributed by atoms with E-state index in [0.717, 1.165) is 0 Å². The van der Waals surface area contributed by atoms with Crippen LogP contribution in [0.3, 0.4) is 0 Å². The van der Waals surface area contributed by atoms with Crippen LogP contribution in [0.1, 0.15) is 6.92 Å². The summed E-state index contributed by atoms with van der Waals surface area (Å²) < 4.78 is 0. The third-order valence-electron chi connectivity index (χ3n) is 1.86. The van der Waals surface area contributed by atoms with E-state index in [1.54, 1.807) is 19.1 Å². The molecule has 0 aromatic carbocycles. The number of allylic oxidation sites excluding steroid dienone is 4. The summed E-state index contributed by atoms with van der Waals surface area (Å²) in [6.45, 7) is 1.79. The number of aliphatic carboxylic acids is 2. The molecule has 1 aliphatic carbocycles. The Morgan fingerprint density at radius 2 is 1.79 bits per heavy atom. The van der Waals surface area contributed by atoms with E-state index in [0.29, 0.717) is 0 Å². The molecule has 0 bridgehead atoms. The van der Waals surface area contributed by atoms with E-state index in [-0.39, 0.29) is 17.1 Å². The van der Waals surface area contributed by atoms with Crippen molar-refractivity contribution in [3.63, 3.8) is 0 Å². The fourth-order valence-electron chi connectivity index (χ4n) is 1.20. The minimum atomic E-state index is -1.22. The first-order valence-electron chi connectivity index (χ1n) is 4.09. The maximum atomic E-state index is 10.8. The van der Waals surface area contributed by atoms with Crippen molar-refractivity contribution in [2.75, 3.05) is 0 Å². The van der Waals surface area contributed by atoms with Crippen molar-refractivity contribution >= 4 is 11.9 Å². The highest BCUT2D eigenvalue weighted by Gasteiger charge is 2.20. The highest BCUT2D eigenvalue weighted by molar-refractivity contribution is 6.05. The zero-order valence-electron chi connectivity index (χ0n) is 7.60. The Morgan fingerprint density at radius 3 is 2.29 bits per heavy atom. The molecule has 4 heteroatoms. The predicted molar refractivity (Wildman–Crippen MR) is 49.7 cm³/mol. The van der Waals surface area contributed by atoms with Gasteiger partial charge in [0.15, 0.2) is 0 Å². The molecule has 4 nitrogen and oxygen atoms in total. The van der Waals surface area contributed by atoms with Crippen LogP contribution in [0.4, 0.5) is 0 Å². The molecule has 0 aliphatic heterocycles. The van der Waals surface area contributed by atoms with Crippen LogP contribution in [0.15, 0.2) is 35.5 Å². The fourth-order valence-corrected chi connectivity index (χ4v) is 1.20. The maximum Gasteiger partial charge on any atom is 0.336 e. The molecule has 14 heavy (non-hydrogen) atoms. The lowest BCUT2D eigenvalue weighted by Gasteiger charge is -2.02. The first-order valence-corrected chi connectivity index (χ1v) is 4.09. The van der Waals surface area contributed by atoms with Crippen molar-refractivity contribution in [1.29, 1.82) is 0 Å². The van der Waals surface area contributed by atoms with Crippen molar-refractivity contribution in [3.8, 4) is 0 Å². The smallest absolute Gasteiger partial charge is 0.336 e. The summed E-state index contributed by atoms with van der Waals surface area (Å²) in [5, 5.41) is 17.6. The summed E-state index contributed by atoms with van der Waals surface area (Å²) in [5.74, 6) is -2.51. The van der Waals surface area contributed by atoms with Gasteiger partial charge in [-0.15, -0.1) is 0 Å². The summed E-state index contributed by atoms with van der Waals surface area (Å²) >= 11 is 0. The monoisotopic (exact) mass is 194 g/mol. The molecule has 1 rings (SSSR count). The Labute approximate surface area is 80.9 Å². The van der Waals surface area contributed by atoms with Crippen LogP contribution in [0.5, 0.6) is 0 Å². The molecule has 0 aromatic rings. The highest BCUT2D eigenvalue weighted by Crippen LogP contribution is 2.18. The van der Waals surface area contributed by atoms with E-state index >= 15 is 0 Å². The number of hydrogen-bond acceptors (Lipinski definition) is 2. The molecule has 0 saturated heterocycles. The first-order chi connectivity index (χ1) is 6.52. The van der Waals surface area contributed by atoms with Gasteiger partial charge < -0.3 is 10.2 Å². The van der Waals surface area contributed by atoms with Gasteiger partial charge in [0.2, 0.25) is 0 Å². The van der Waals surface area contributed by atoms with Crippen molar-refractivity contribution in [2.24, 2.45) is 5.92 Å². The highest BCUT2D eigenvalue weighted by atomic mass is 16.4. The van der Waals surface area contributed by atoms with Crippen molar-refractivity contribution < 1.29 is 19.8 Å². The molecular formula is C10H10O4. The molecule has 0 fully saturated rings. The van der Waals surface area contributed by atoms with Gasteiger partial charge in [-0.2, -0.15) is 0 Å². The van der Waals surface area contributed by atoms with Gasteiger partial charge in [-0.3, -0.25) is 0 Å². The van der Waals surface area contributed by atoms with Gasteiger partial charge in [0.05, 0.1) is 11.1 Å². The Bertz CT molecular complexity index is 360. The van der Waals surface area contributed by atoms with E-state index in [2.05, 4.69) is 0 Å². The van der Waals surface area contributed by atoms with Crippen LogP contribution in [-0.4, -0.2) is 22.2 Å². The number of carboxylic acid groups (broad SMARTS) is 2. The SMILES string of the molecule is CC1C=CC=C(C(=O)O)C(C(=O)O)=C1. The van der Waals surface area contributed by atoms with Crippen LogP contribution in [0.2, 0.25) is 0 Å². The summed E-state index contributed by atoms with van der Waals surface area (Å²) in [6, 6.07) is 0. The molecule has 0 aromatic heterocycles. The molecule has 0 radical (unpaired) electrons. The molecule has 0 saturated carbocycles. The minimum Gasteiger partial charge on any atom is -0.478 e. The second-order valence-electron chi connectivity index (χ2n) is 3.02. The fraction of sp³-hybridized carbons (Fsp3) is 0.200. The first kappa shape index (κ1) is 10.2. The van der Waals surface area contributed by atoms with Crippen molar-refractivity contribution in [1.82, 2.24) is 0 Å². The molecule has 1 atom stereocenters. The Balaban J connectivity index is 3.19. The lowest BCUT2D eigenvalue weighted by Crippen LogP contribution is -2.11. The number of carboxylic acids is 2. The third-order valence-corrected chi connectivity index (χ3v) is 1.86. The molecule has 0 amide bonds. The van der Waals surface area contributed by atoms with Gasteiger partial charge in [0, 0.05) is 0 Å². The average molecular weight is 194 g/mol. The summed E-state index contributed by atoms with van der Waals surface area (Å²) in [7, 11) is 0. The molecule has 0 heterocycles. The van der Waals surface area contributed by atoms with E-state index in [1.807, 2.05) is 0 Å². The zero-order valence-corrected chi connectivity index (χ0v) is 7.60. The quantitative estimate of drug-likeness (QED) is 0.692. The van der Waals surface area contributed by atoms with Crippen molar-refractivity contribution in [3.05, 3.63) is 35.5 Å². The predicted octanol–water partition coefficient (Wildman–Crippen LogP) is 1.21.